The van der Waals surface area contributed by atoms with Crippen LogP contribution in [0.3, 0.4) is 0 Å². The molecule has 0 heterocycles. The monoisotopic (exact) mass is 168 g/mol. The molecule has 1 aromatic rings. The summed E-state index contributed by atoms with van der Waals surface area (Å²) in [6.45, 7) is 0. The maximum absolute atomic E-state index is 10.2. The summed E-state index contributed by atoms with van der Waals surface area (Å²) in [7, 11) is 0. The minimum Gasteiger partial charge on any atom is -0.258 e. The predicted molar refractivity (Wildman–Crippen MR) is 44.3 cm³/mol. The molecule has 0 spiro atoms. The molecule has 0 fully saturated rings. The largest absolute Gasteiger partial charge is 0.269 e. The molecule has 1 radical (unpaired) electrons. The van der Waals surface area contributed by atoms with Gasteiger partial charge in [0.1, 0.15) is 0 Å². The van der Waals surface area contributed by atoms with Crippen molar-refractivity contribution in [1.82, 2.24) is 0 Å². The lowest BCUT2D eigenvalue weighted by Crippen LogP contribution is -1.85. The van der Waals surface area contributed by atoms with Gasteiger partial charge in [-0.15, -0.1) is 11.8 Å². The summed E-state index contributed by atoms with van der Waals surface area (Å²) in [4.78, 5) is 10.7. The van der Waals surface area contributed by atoms with Crippen molar-refractivity contribution >= 4 is 17.4 Å². The van der Waals surface area contributed by atoms with E-state index in [4.69, 9.17) is 0 Å². The van der Waals surface area contributed by atoms with E-state index in [0.717, 1.165) is 4.90 Å². The molecule has 4 heteroatoms. The van der Waals surface area contributed by atoms with E-state index in [0.29, 0.717) is 0 Å². The van der Waals surface area contributed by atoms with Gasteiger partial charge in [0.15, 0.2) is 0 Å². The van der Waals surface area contributed by atoms with E-state index in [1.54, 1.807) is 12.1 Å². The van der Waals surface area contributed by atoms with Gasteiger partial charge in [-0.1, -0.05) is 0 Å². The van der Waals surface area contributed by atoms with Crippen LogP contribution in [0.5, 0.6) is 0 Å². The average Bonchev–Trinajstić information content (AvgIpc) is 2.05. The molecule has 0 saturated heterocycles. The Hall–Kier alpha value is -1.03. The lowest BCUT2D eigenvalue weighted by molar-refractivity contribution is -0.384. The summed E-state index contributed by atoms with van der Waals surface area (Å²) in [5, 5.41) is 10.2. The normalized spacial score (nSPS) is 9.55. The number of benzene rings is 1. The van der Waals surface area contributed by atoms with Crippen LogP contribution < -0.4 is 0 Å². The molecule has 0 atom stereocenters. The van der Waals surface area contributed by atoms with Gasteiger partial charge in [0.05, 0.1) is 4.92 Å². The molecule has 1 aromatic carbocycles. The van der Waals surface area contributed by atoms with Gasteiger partial charge in [-0.2, -0.15) is 0 Å². The second-order valence-electron chi connectivity index (χ2n) is 1.90. The molecule has 3 nitrogen and oxygen atoms in total. The zero-order valence-corrected chi connectivity index (χ0v) is 6.50. The Labute approximate surface area is 68.6 Å². The van der Waals surface area contributed by atoms with Crippen LogP contribution in [0.4, 0.5) is 5.69 Å². The van der Waals surface area contributed by atoms with E-state index in [9.17, 15) is 10.1 Å². The number of nitro benzene ring substituents is 1. The minimum absolute atomic E-state index is 0.114. The molecule has 0 aliphatic carbocycles. The van der Waals surface area contributed by atoms with Gasteiger partial charge >= 0.3 is 0 Å². The molecule has 0 aliphatic heterocycles. The Balaban J connectivity index is 2.91. The Morgan fingerprint density at radius 1 is 1.36 bits per heavy atom. The summed E-state index contributed by atoms with van der Waals surface area (Å²) in [5.74, 6) is 0. The highest BCUT2D eigenvalue weighted by molar-refractivity contribution is 8.00. The Morgan fingerprint density at radius 2 is 1.91 bits per heavy atom. The fourth-order valence-electron chi connectivity index (χ4n) is 0.664. The van der Waals surface area contributed by atoms with Gasteiger partial charge in [-0.05, 0) is 12.1 Å². The lowest BCUT2D eigenvalue weighted by atomic mass is 10.3. The predicted octanol–water partition coefficient (Wildman–Crippen LogP) is 2.48. The Kier molecular flexibility index (Phi) is 2.48. The summed E-state index contributed by atoms with van der Waals surface area (Å²) >= 11 is 1.32. The molecule has 1 rings (SSSR count). The van der Waals surface area contributed by atoms with Crippen LogP contribution in [-0.2, 0) is 0 Å². The third-order valence-electron chi connectivity index (χ3n) is 1.21. The van der Waals surface area contributed by atoms with Crippen molar-refractivity contribution in [2.75, 3.05) is 0 Å². The first-order valence-corrected chi connectivity index (χ1v) is 3.89. The van der Waals surface area contributed by atoms with Crippen LogP contribution in [0, 0.1) is 16.4 Å². The van der Waals surface area contributed by atoms with Crippen molar-refractivity contribution in [3.05, 3.63) is 40.6 Å². The summed E-state index contributed by atoms with van der Waals surface area (Å²) in [5.41, 5.74) is 0.114. The van der Waals surface area contributed by atoms with Crippen LogP contribution in [0.2, 0.25) is 0 Å². The first kappa shape index (κ1) is 8.07. The van der Waals surface area contributed by atoms with Gasteiger partial charge in [-0.25, -0.2) is 0 Å². The van der Waals surface area contributed by atoms with Crippen molar-refractivity contribution in [1.29, 1.82) is 0 Å². The lowest BCUT2D eigenvalue weighted by Gasteiger charge is -1.93. The Bertz CT molecular complexity index is 258. The fourth-order valence-corrected chi connectivity index (χ4v) is 0.993. The zero-order chi connectivity index (χ0) is 8.27. The molecule has 11 heavy (non-hydrogen) atoms. The van der Waals surface area contributed by atoms with Crippen molar-refractivity contribution in [3.63, 3.8) is 0 Å². The van der Waals surface area contributed by atoms with Crippen LogP contribution in [0.25, 0.3) is 0 Å². The van der Waals surface area contributed by atoms with E-state index in [-0.39, 0.29) is 5.69 Å². The third kappa shape index (κ3) is 1.94. The third-order valence-corrected chi connectivity index (χ3v) is 1.82. The molecule has 0 aromatic heterocycles. The van der Waals surface area contributed by atoms with Crippen LogP contribution >= 0.6 is 11.8 Å². The number of thioether (sulfide) groups is 1. The van der Waals surface area contributed by atoms with E-state index in [2.05, 4.69) is 6.26 Å². The zero-order valence-electron chi connectivity index (χ0n) is 5.69. The van der Waals surface area contributed by atoms with Gasteiger partial charge in [0.2, 0.25) is 0 Å². The molecule has 0 N–H and O–H groups in total. The van der Waals surface area contributed by atoms with Gasteiger partial charge in [-0.3, -0.25) is 10.1 Å². The van der Waals surface area contributed by atoms with E-state index in [1.807, 2.05) is 0 Å². The maximum Gasteiger partial charge on any atom is 0.269 e. The number of nitrogens with zero attached hydrogens (tertiary/aromatic N) is 1. The van der Waals surface area contributed by atoms with Gasteiger partial charge < -0.3 is 0 Å². The fraction of sp³-hybridized carbons (Fsp3) is 0. The quantitative estimate of drug-likeness (QED) is 0.387. The summed E-state index contributed by atoms with van der Waals surface area (Å²) in [6.07, 6.45) is 3.58. The average molecular weight is 168 g/mol. The molecular weight excluding hydrogens is 162 g/mol. The Morgan fingerprint density at radius 3 is 2.27 bits per heavy atom. The summed E-state index contributed by atoms with van der Waals surface area (Å²) in [6, 6.07) is 6.28. The first-order chi connectivity index (χ1) is 5.24. The molecular formula is C7H6NO2S. The van der Waals surface area contributed by atoms with E-state index in [1.165, 1.54) is 23.9 Å². The SMILES string of the molecule is [CH2]Sc1ccc([N+](=O)[O-])cc1. The highest BCUT2D eigenvalue weighted by atomic mass is 32.2. The molecule has 57 valence electrons. The van der Waals surface area contributed by atoms with Crippen molar-refractivity contribution in [2.45, 2.75) is 4.90 Å². The molecule has 0 unspecified atom stereocenters. The van der Waals surface area contributed by atoms with Crippen molar-refractivity contribution in [3.8, 4) is 0 Å². The number of hydrogen-bond donors (Lipinski definition) is 0. The molecule has 0 saturated carbocycles. The number of nitro groups is 1. The van der Waals surface area contributed by atoms with Gasteiger partial charge in [0, 0.05) is 23.3 Å². The van der Waals surface area contributed by atoms with E-state index >= 15 is 0 Å². The first-order valence-electron chi connectivity index (χ1n) is 2.90. The standard InChI is InChI=1S/C7H6NO2S/c1-11-7-4-2-6(3-5-7)8(9)10/h2-5H,1H2. The number of hydrogen-bond acceptors (Lipinski definition) is 3. The van der Waals surface area contributed by atoms with E-state index < -0.39 is 4.92 Å². The van der Waals surface area contributed by atoms with Gasteiger partial charge in [0.25, 0.3) is 5.69 Å². The minimum atomic E-state index is -0.419. The van der Waals surface area contributed by atoms with Crippen molar-refractivity contribution in [2.24, 2.45) is 0 Å². The topological polar surface area (TPSA) is 43.1 Å². The summed E-state index contributed by atoms with van der Waals surface area (Å²) < 4.78 is 0. The molecule has 0 bridgehead atoms. The highest BCUT2D eigenvalue weighted by Gasteiger charge is 2.02. The molecule has 0 amide bonds. The van der Waals surface area contributed by atoms with Crippen LogP contribution in [0.15, 0.2) is 29.2 Å². The van der Waals surface area contributed by atoms with Crippen LogP contribution in [-0.4, -0.2) is 4.92 Å². The number of rotatable bonds is 2. The van der Waals surface area contributed by atoms with Crippen LogP contribution in [0.1, 0.15) is 0 Å². The maximum atomic E-state index is 10.2. The van der Waals surface area contributed by atoms with Crippen molar-refractivity contribution < 1.29 is 4.92 Å². The highest BCUT2D eigenvalue weighted by Crippen LogP contribution is 2.19. The number of non-ortho nitro benzene ring substituents is 1. The second-order valence-corrected chi connectivity index (χ2v) is 2.66. The second kappa shape index (κ2) is 3.39. The smallest absolute Gasteiger partial charge is 0.258 e. The molecule has 0 aliphatic rings.